The van der Waals surface area contributed by atoms with Gasteiger partial charge in [-0.3, -0.25) is 0 Å². The first-order valence-electron chi connectivity index (χ1n) is 4.77. The minimum atomic E-state index is 0.254. The van der Waals surface area contributed by atoms with Gasteiger partial charge in [-0.1, -0.05) is 26.2 Å². The van der Waals surface area contributed by atoms with Gasteiger partial charge in [0.05, 0.1) is 6.04 Å². The van der Waals surface area contributed by atoms with Crippen LogP contribution < -0.4 is 0 Å². The van der Waals surface area contributed by atoms with Gasteiger partial charge in [-0.2, -0.15) is 0 Å². The average Bonchev–Trinajstić information content (AvgIpc) is 2.06. The minimum Gasteiger partial charge on any atom is -0.211 e. The van der Waals surface area contributed by atoms with Crippen molar-refractivity contribution in [3.8, 4) is 0 Å². The van der Waals surface area contributed by atoms with E-state index in [4.69, 9.17) is 0 Å². The van der Waals surface area contributed by atoms with E-state index < -0.39 is 0 Å². The first kappa shape index (κ1) is 9.47. The van der Waals surface area contributed by atoms with Gasteiger partial charge in [-0.15, -0.1) is 0 Å². The number of aliphatic imine (C=N–C) groups is 1. The number of nitrogens with zero attached hydrogens (tertiary/aromatic N) is 1. The summed E-state index contributed by atoms with van der Waals surface area (Å²) in [5.74, 6) is 0.686. The molecule has 1 saturated carbocycles. The summed E-state index contributed by atoms with van der Waals surface area (Å²) in [6.45, 7) is 2.16. The molecule has 1 aliphatic carbocycles. The summed E-state index contributed by atoms with van der Waals surface area (Å²) in [4.78, 5) is 13.8. The van der Waals surface area contributed by atoms with Gasteiger partial charge in [-0.25, -0.2) is 9.79 Å². The lowest BCUT2D eigenvalue weighted by Crippen LogP contribution is -2.18. The Morgan fingerprint density at radius 3 is 3.08 bits per heavy atom. The molecule has 0 aliphatic heterocycles. The van der Waals surface area contributed by atoms with Crippen LogP contribution in [0.5, 0.6) is 0 Å². The summed E-state index contributed by atoms with van der Waals surface area (Å²) in [6, 6.07) is 0.254. The van der Waals surface area contributed by atoms with E-state index in [1.807, 2.05) is 0 Å². The molecule has 67 valence electrons. The molecular formula is C10H16NO. The van der Waals surface area contributed by atoms with Crippen molar-refractivity contribution in [3.63, 3.8) is 0 Å². The lowest BCUT2D eigenvalue weighted by Gasteiger charge is -2.24. The number of isocyanates is 1. The molecule has 0 aromatic rings. The van der Waals surface area contributed by atoms with Crippen molar-refractivity contribution in [2.24, 2.45) is 10.9 Å². The topological polar surface area (TPSA) is 29.4 Å². The lowest BCUT2D eigenvalue weighted by molar-refractivity contribution is 0.351. The summed E-state index contributed by atoms with van der Waals surface area (Å²) >= 11 is 0. The van der Waals surface area contributed by atoms with E-state index in [2.05, 4.69) is 18.3 Å². The normalized spacial score (nSPS) is 29.4. The van der Waals surface area contributed by atoms with Gasteiger partial charge in [0.1, 0.15) is 0 Å². The average molecular weight is 166 g/mol. The van der Waals surface area contributed by atoms with Gasteiger partial charge in [0.2, 0.25) is 6.08 Å². The smallest absolute Gasteiger partial charge is 0.211 e. The second-order valence-electron chi connectivity index (χ2n) is 3.44. The fourth-order valence-electron chi connectivity index (χ4n) is 1.94. The lowest BCUT2D eigenvalue weighted by atomic mass is 9.83. The van der Waals surface area contributed by atoms with E-state index >= 15 is 0 Å². The van der Waals surface area contributed by atoms with Gasteiger partial charge in [0, 0.05) is 0 Å². The Morgan fingerprint density at radius 2 is 2.42 bits per heavy atom. The summed E-state index contributed by atoms with van der Waals surface area (Å²) in [5.41, 5.74) is 0. The van der Waals surface area contributed by atoms with Crippen molar-refractivity contribution in [2.45, 2.75) is 45.1 Å². The molecule has 1 rings (SSSR count). The third-order valence-corrected chi connectivity index (χ3v) is 2.49. The molecule has 1 aliphatic rings. The molecule has 0 amide bonds. The van der Waals surface area contributed by atoms with Crippen molar-refractivity contribution in [1.29, 1.82) is 0 Å². The molecule has 0 bridgehead atoms. The highest BCUT2D eigenvalue weighted by atomic mass is 16.1. The molecule has 0 heterocycles. The highest BCUT2D eigenvalue weighted by molar-refractivity contribution is 5.33. The number of hydrogen-bond acceptors (Lipinski definition) is 2. The molecule has 2 nitrogen and oxygen atoms in total. The first-order chi connectivity index (χ1) is 5.86. The second kappa shape index (κ2) is 5.10. The molecule has 0 saturated heterocycles. The maximum atomic E-state index is 10.0. The van der Waals surface area contributed by atoms with E-state index in [-0.39, 0.29) is 6.04 Å². The predicted octanol–water partition coefficient (Wildman–Crippen LogP) is 2.50. The molecule has 2 atom stereocenters. The van der Waals surface area contributed by atoms with Crippen molar-refractivity contribution in [2.75, 3.05) is 0 Å². The Morgan fingerprint density at radius 1 is 1.58 bits per heavy atom. The van der Waals surface area contributed by atoms with Crippen LogP contribution in [0.4, 0.5) is 0 Å². The number of carbonyl (C=O) groups excluding carboxylic acids is 1. The van der Waals surface area contributed by atoms with Crippen molar-refractivity contribution in [1.82, 2.24) is 0 Å². The summed E-state index contributed by atoms with van der Waals surface area (Å²) in [5, 5.41) is 0. The Labute approximate surface area is 74.1 Å². The van der Waals surface area contributed by atoms with Crippen molar-refractivity contribution < 1.29 is 4.79 Å². The summed E-state index contributed by atoms with van der Waals surface area (Å²) in [6.07, 6.45) is 9.74. The number of hydrogen-bond donors (Lipinski definition) is 0. The Bertz CT molecular complexity index is 171. The minimum absolute atomic E-state index is 0.254. The van der Waals surface area contributed by atoms with Gasteiger partial charge < -0.3 is 0 Å². The largest absolute Gasteiger partial charge is 0.235 e. The molecular weight excluding hydrogens is 150 g/mol. The van der Waals surface area contributed by atoms with Crippen LogP contribution in [0.1, 0.15) is 39.0 Å². The SMILES string of the molecule is CC[CH]C1CCCC(N=C=O)C1. The highest BCUT2D eigenvalue weighted by Crippen LogP contribution is 2.28. The van der Waals surface area contributed by atoms with E-state index in [0.29, 0.717) is 5.92 Å². The Kier molecular flexibility index (Phi) is 4.02. The van der Waals surface area contributed by atoms with E-state index in [1.54, 1.807) is 6.08 Å². The molecule has 1 radical (unpaired) electrons. The maximum Gasteiger partial charge on any atom is 0.235 e. The van der Waals surface area contributed by atoms with Crippen LogP contribution in [0.25, 0.3) is 0 Å². The standard InChI is InChI=1S/C10H16NO/c1-2-4-9-5-3-6-10(7-9)11-8-12/h4,9-10H,2-3,5-7H2,1H3. The zero-order valence-electron chi connectivity index (χ0n) is 7.62. The fourth-order valence-corrected chi connectivity index (χ4v) is 1.94. The zero-order chi connectivity index (χ0) is 8.81. The molecule has 2 heteroatoms. The monoisotopic (exact) mass is 166 g/mol. The summed E-state index contributed by atoms with van der Waals surface area (Å²) < 4.78 is 0. The van der Waals surface area contributed by atoms with Gasteiger partial charge in [0.15, 0.2) is 0 Å². The molecule has 12 heavy (non-hydrogen) atoms. The Hall–Kier alpha value is -0.620. The zero-order valence-corrected chi connectivity index (χ0v) is 7.62. The summed E-state index contributed by atoms with van der Waals surface area (Å²) in [7, 11) is 0. The van der Waals surface area contributed by atoms with E-state index in [9.17, 15) is 4.79 Å². The Balaban J connectivity index is 2.34. The molecule has 0 N–H and O–H groups in total. The van der Waals surface area contributed by atoms with E-state index in [1.165, 1.54) is 12.8 Å². The van der Waals surface area contributed by atoms with Crippen LogP contribution in [0.3, 0.4) is 0 Å². The van der Waals surface area contributed by atoms with Crippen LogP contribution >= 0.6 is 0 Å². The number of rotatable bonds is 3. The molecule has 2 unspecified atom stereocenters. The molecule has 0 spiro atoms. The van der Waals surface area contributed by atoms with Crippen LogP contribution in [0.2, 0.25) is 0 Å². The van der Waals surface area contributed by atoms with E-state index in [0.717, 1.165) is 19.3 Å². The van der Waals surface area contributed by atoms with Crippen LogP contribution in [-0.2, 0) is 4.79 Å². The third-order valence-electron chi connectivity index (χ3n) is 2.49. The van der Waals surface area contributed by atoms with Crippen LogP contribution in [-0.4, -0.2) is 12.1 Å². The predicted molar refractivity (Wildman–Crippen MR) is 48.5 cm³/mol. The van der Waals surface area contributed by atoms with Gasteiger partial charge >= 0.3 is 0 Å². The quantitative estimate of drug-likeness (QED) is 0.468. The molecule has 0 aromatic heterocycles. The first-order valence-corrected chi connectivity index (χ1v) is 4.77. The van der Waals surface area contributed by atoms with Crippen LogP contribution in [0, 0.1) is 12.3 Å². The second-order valence-corrected chi connectivity index (χ2v) is 3.44. The maximum absolute atomic E-state index is 10.0. The van der Waals surface area contributed by atoms with Gasteiger partial charge in [0.25, 0.3) is 0 Å². The molecule has 1 fully saturated rings. The fraction of sp³-hybridized carbons (Fsp3) is 0.800. The van der Waals surface area contributed by atoms with Crippen LogP contribution in [0.15, 0.2) is 4.99 Å². The van der Waals surface area contributed by atoms with Gasteiger partial charge in [-0.05, 0) is 25.2 Å². The van der Waals surface area contributed by atoms with Crippen molar-refractivity contribution >= 4 is 6.08 Å². The highest BCUT2D eigenvalue weighted by Gasteiger charge is 2.20. The molecule has 0 aromatic carbocycles. The third kappa shape index (κ3) is 2.78. The van der Waals surface area contributed by atoms with Crippen molar-refractivity contribution in [3.05, 3.63) is 6.42 Å².